The maximum Gasteiger partial charge on any atom is 0.241 e. The fraction of sp³-hybridized carbons (Fsp3) is 0.500. The van der Waals surface area contributed by atoms with Crippen molar-refractivity contribution in [2.75, 3.05) is 40.3 Å². The van der Waals surface area contributed by atoms with Crippen LogP contribution < -0.4 is 0 Å². The number of ketones is 1. The Labute approximate surface area is 209 Å². The van der Waals surface area contributed by atoms with Gasteiger partial charge in [-0.25, -0.2) is 9.37 Å². The highest BCUT2D eigenvalue weighted by Crippen LogP contribution is 2.41. The van der Waals surface area contributed by atoms with Crippen LogP contribution in [0.1, 0.15) is 41.9 Å². The van der Waals surface area contributed by atoms with Crippen molar-refractivity contribution in [2.24, 2.45) is 13.0 Å². The molecule has 0 bridgehead atoms. The number of aromatic nitrogens is 2. The molecule has 0 radical (unpaired) electrons. The molecule has 2 atom stereocenters. The lowest BCUT2D eigenvalue weighted by Gasteiger charge is -2.35. The number of Topliss-reactive ketones (excluding diaryl/α,β-unsaturated/α-hetero) is 1. The molecule has 2 saturated heterocycles. The Balaban J connectivity index is 1.59. The van der Waals surface area contributed by atoms with E-state index in [-0.39, 0.29) is 43.2 Å². The standard InChI is InChI=1S/C26H32FN5O4/c1-29(2)13-14-32-22(34)16-26(25(32)36,19-8-4-5-9-20(19)27)15-21(33)31-11-6-7-18(17-31)23(35)24-28-10-12-30(24)3/h4-5,8-10,12,18H,6-7,11,13-17H2,1-3H3/t18-,26-/m1/s1. The normalized spacial score (nSPS) is 22.5. The predicted molar refractivity (Wildman–Crippen MR) is 129 cm³/mol. The third kappa shape index (κ3) is 4.82. The zero-order valence-corrected chi connectivity index (χ0v) is 20.9. The molecule has 2 aromatic rings. The Hall–Kier alpha value is -3.40. The van der Waals surface area contributed by atoms with Gasteiger partial charge >= 0.3 is 0 Å². The van der Waals surface area contributed by atoms with Crippen molar-refractivity contribution in [3.63, 3.8) is 0 Å². The van der Waals surface area contributed by atoms with Crippen molar-refractivity contribution in [2.45, 2.75) is 31.1 Å². The summed E-state index contributed by atoms with van der Waals surface area (Å²) in [7, 11) is 5.41. The van der Waals surface area contributed by atoms with Gasteiger partial charge in [0.25, 0.3) is 0 Å². The number of piperidine rings is 1. The van der Waals surface area contributed by atoms with E-state index in [0.717, 1.165) is 4.90 Å². The highest BCUT2D eigenvalue weighted by Gasteiger charge is 2.55. The number of benzene rings is 1. The van der Waals surface area contributed by atoms with Crippen molar-refractivity contribution in [1.82, 2.24) is 24.3 Å². The molecule has 3 amide bonds. The molecule has 1 aromatic carbocycles. The average molecular weight is 498 g/mol. The Bertz CT molecular complexity index is 1180. The van der Waals surface area contributed by atoms with Gasteiger partial charge in [0.05, 0.1) is 5.41 Å². The van der Waals surface area contributed by atoms with Gasteiger partial charge in [-0.1, -0.05) is 18.2 Å². The van der Waals surface area contributed by atoms with Crippen LogP contribution >= 0.6 is 0 Å². The third-order valence-corrected chi connectivity index (χ3v) is 7.21. The Morgan fingerprint density at radius 3 is 2.64 bits per heavy atom. The van der Waals surface area contributed by atoms with Crippen molar-refractivity contribution < 1.29 is 23.6 Å². The average Bonchev–Trinajstić information content (AvgIpc) is 3.38. The van der Waals surface area contributed by atoms with E-state index < -0.39 is 29.0 Å². The summed E-state index contributed by atoms with van der Waals surface area (Å²) in [4.78, 5) is 61.9. The summed E-state index contributed by atoms with van der Waals surface area (Å²) in [6.07, 6.45) is 3.91. The molecular formula is C26H32FN5O4. The first-order valence-electron chi connectivity index (χ1n) is 12.2. The number of imide groups is 1. The molecule has 4 rings (SSSR count). The van der Waals surface area contributed by atoms with E-state index in [1.807, 2.05) is 19.0 Å². The lowest BCUT2D eigenvalue weighted by atomic mass is 9.75. The molecule has 36 heavy (non-hydrogen) atoms. The number of amides is 3. The number of aryl methyl sites for hydroxylation is 1. The molecule has 9 nitrogen and oxygen atoms in total. The van der Waals surface area contributed by atoms with E-state index in [4.69, 9.17) is 0 Å². The Kier molecular flexibility index (Phi) is 7.35. The summed E-state index contributed by atoms with van der Waals surface area (Å²) in [6.45, 7) is 1.26. The van der Waals surface area contributed by atoms with Gasteiger partial charge < -0.3 is 14.4 Å². The minimum Gasteiger partial charge on any atom is -0.342 e. The summed E-state index contributed by atoms with van der Waals surface area (Å²) in [6, 6.07) is 5.84. The van der Waals surface area contributed by atoms with Gasteiger partial charge in [0.2, 0.25) is 23.5 Å². The fourth-order valence-electron chi connectivity index (χ4n) is 5.19. The quantitative estimate of drug-likeness (QED) is 0.406. The first-order chi connectivity index (χ1) is 17.1. The van der Waals surface area contributed by atoms with Crippen molar-refractivity contribution in [3.05, 3.63) is 53.9 Å². The van der Waals surface area contributed by atoms with E-state index in [1.165, 1.54) is 18.2 Å². The molecule has 0 N–H and O–H groups in total. The van der Waals surface area contributed by atoms with Gasteiger partial charge in [-0.2, -0.15) is 0 Å². The van der Waals surface area contributed by atoms with Crippen molar-refractivity contribution in [1.29, 1.82) is 0 Å². The number of carbonyl (C=O) groups is 4. The van der Waals surface area contributed by atoms with Crippen LogP contribution in [0.3, 0.4) is 0 Å². The molecule has 0 spiro atoms. The molecule has 0 unspecified atom stereocenters. The van der Waals surface area contributed by atoms with E-state index in [2.05, 4.69) is 4.98 Å². The van der Waals surface area contributed by atoms with Gasteiger partial charge in [0.15, 0.2) is 5.82 Å². The van der Waals surface area contributed by atoms with Crippen LogP contribution in [-0.2, 0) is 26.8 Å². The molecule has 1 aromatic heterocycles. The third-order valence-electron chi connectivity index (χ3n) is 7.21. The van der Waals surface area contributed by atoms with Crippen molar-refractivity contribution >= 4 is 23.5 Å². The number of hydrogen-bond donors (Lipinski definition) is 0. The van der Waals surface area contributed by atoms with Gasteiger partial charge in [-0.3, -0.25) is 24.1 Å². The number of likely N-dealkylation sites (N-methyl/N-ethyl adjacent to an activating group) is 1. The molecule has 10 heteroatoms. The largest absolute Gasteiger partial charge is 0.342 e. The Morgan fingerprint density at radius 2 is 1.97 bits per heavy atom. The van der Waals surface area contributed by atoms with Crippen LogP contribution in [0.4, 0.5) is 4.39 Å². The van der Waals surface area contributed by atoms with Crippen LogP contribution in [0.2, 0.25) is 0 Å². The van der Waals surface area contributed by atoms with Crippen LogP contribution in [0.15, 0.2) is 36.7 Å². The minimum absolute atomic E-state index is 0.0571. The monoisotopic (exact) mass is 497 g/mol. The van der Waals surface area contributed by atoms with Gasteiger partial charge in [-0.05, 0) is 33.0 Å². The van der Waals surface area contributed by atoms with Crippen LogP contribution in [0.5, 0.6) is 0 Å². The number of hydrogen-bond acceptors (Lipinski definition) is 6. The number of carbonyl (C=O) groups excluding carboxylic acids is 4. The van der Waals surface area contributed by atoms with E-state index in [0.29, 0.717) is 31.8 Å². The topological polar surface area (TPSA) is 95.8 Å². The number of rotatable bonds is 8. The summed E-state index contributed by atoms with van der Waals surface area (Å²) < 4.78 is 16.7. The van der Waals surface area contributed by atoms with Gasteiger partial charge in [0.1, 0.15) is 5.82 Å². The fourth-order valence-corrected chi connectivity index (χ4v) is 5.19. The zero-order valence-electron chi connectivity index (χ0n) is 20.9. The summed E-state index contributed by atoms with van der Waals surface area (Å²) in [5.41, 5.74) is -1.55. The molecule has 2 aliphatic heterocycles. The first kappa shape index (κ1) is 25.7. The number of likely N-dealkylation sites (tertiary alicyclic amines) is 2. The van der Waals surface area contributed by atoms with Crippen LogP contribution in [0, 0.1) is 11.7 Å². The second-order valence-electron chi connectivity index (χ2n) is 9.97. The lowest BCUT2D eigenvalue weighted by molar-refractivity contribution is -0.143. The highest BCUT2D eigenvalue weighted by molar-refractivity contribution is 6.10. The minimum atomic E-state index is -1.61. The number of halogens is 1. The SMILES string of the molecule is CN(C)CCN1C(=O)C[C@](CC(=O)N2CCC[C@@H](C(=O)c3nccn3C)C2)(c2ccccc2F)C1=O. The van der Waals surface area contributed by atoms with Gasteiger partial charge in [-0.15, -0.1) is 0 Å². The van der Waals surface area contributed by atoms with E-state index in [9.17, 15) is 19.2 Å². The second kappa shape index (κ2) is 10.3. The second-order valence-corrected chi connectivity index (χ2v) is 9.97. The zero-order chi connectivity index (χ0) is 26.0. The molecule has 2 fully saturated rings. The summed E-state index contributed by atoms with van der Waals surface area (Å²) >= 11 is 0. The lowest BCUT2D eigenvalue weighted by Crippen LogP contribution is -2.48. The van der Waals surface area contributed by atoms with Gasteiger partial charge in [0, 0.05) is 69.9 Å². The first-order valence-corrected chi connectivity index (χ1v) is 12.2. The maximum atomic E-state index is 15.0. The summed E-state index contributed by atoms with van der Waals surface area (Å²) in [5, 5.41) is 0. The molecule has 2 aliphatic rings. The molecule has 3 heterocycles. The smallest absolute Gasteiger partial charge is 0.241 e. The maximum absolute atomic E-state index is 15.0. The number of imidazole rings is 1. The molecule has 192 valence electrons. The molecule has 0 aliphatic carbocycles. The van der Waals surface area contributed by atoms with Crippen molar-refractivity contribution in [3.8, 4) is 0 Å². The Morgan fingerprint density at radius 1 is 1.22 bits per heavy atom. The summed E-state index contributed by atoms with van der Waals surface area (Å²) in [5.74, 6) is -2.17. The van der Waals surface area contributed by atoms with Crippen LogP contribution in [-0.4, -0.2) is 88.0 Å². The molecule has 0 saturated carbocycles. The predicted octanol–water partition coefficient (Wildman–Crippen LogP) is 1.63. The highest BCUT2D eigenvalue weighted by atomic mass is 19.1. The number of nitrogens with zero attached hydrogens (tertiary/aromatic N) is 5. The van der Waals surface area contributed by atoms with E-state index >= 15 is 4.39 Å². The molecular weight excluding hydrogens is 465 g/mol. The van der Waals surface area contributed by atoms with E-state index in [1.54, 1.807) is 35.0 Å². The van der Waals surface area contributed by atoms with Crippen LogP contribution in [0.25, 0.3) is 0 Å².